The molecule has 0 bridgehead atoms. The Hall–Kier alpha value is -1.59. The fourth-order valence-electron chi connectivity index (χ4n) is 2.57. The minimum absolute atomic E-state index is 0.0782. The van der Waals surface area contributed by atoms with Gasteiger partial charge in [0.15, 0.2) is 0 Å². The van der Waals surface area contributed by atoms with Crippen molar-refractivity contribution < 1.29 is 14.3 Å². The summed E-state index contributed by atoms with van der Waals surface area (Å²) in [6.45, 7) is 10.6. The minimum Gasteiger partial charge on any atom is -0.377 e. The predicted molar refractivity (Wildman–Crippen MR) is 98.8 cm³/mol. The van der Waals surface area contributed by atoms with Gasteiger partial charge in [-0.25, -0.2) is 0 Å². The van der Waals surface area contributed by atoms with Crippen molar-refractivity contribution in [2.75, 3.05) is 18.9 Å². The molecule has 1 aromatic rings. The summed E-state index contributed by atoms with van der Waals surface area (Å²) in [4.78, 5) is 27.4. The van der Waals surface area contributed by atoms with Gasteiger partial charge in [0.25, 0.3) is 11.8 Å². The molecule has 130 valence electrons. The SMILES string of the molecule is CCSC1=C(c2ccc(C)c(C)c2)C(=O)N(CCOC(C)C)C1=O. The lowest BCUT2D eigenvalue weighted by molar-refractivity contribution is -0.137. The molecule has 5 heteroatoms. The summed E-state index contributed by atoms with van der Waals surface area (Å²) in [6, 6.07) is 5.90. The molecule has 0 spiro atoms. The lowest BCUT2D eigenvalue weighted by Crippen LogP contribution is -2.35. The van der Waals surface area contributed by atoms with E-state index in [4.69, 9.17) is 4.74 Å². The number of thioether (sulfide) groups is 1. The summed E-state index contributed by atoms with van der Waals surface area (Å²) in [6.07, 6.45) is 0.0782. The molecule has 1 aliphatic rings. The van der Waals surface area contributed by atoms with E-state index in [1.54, 1.807) is 0 Å². The lowest BCUT2D eigenvalue weighted by atomic mass is 10.0. The van der Waals surface area contributed by atoms with Crippen LogP contribution in [0.25, 0.3) is 5.57 Å². The van der Waals surface area contributed by atoms with Crippen LogP contribution in [0.4, 0.5) is 0 Å². The van der Waals surface area contributed by atoms with Crippen molar-refractivity contribution in [3.05, 3.63) is 39.8 Å². The molecule has 1 aliphatic heterocycles. The Morgan fingerprint density at radius 1 is 1.12 bits per heavy atom. The van der Waals surface area contributed by atoms with E-state index in [1.807, 2.05) is 52.8 Å². The Morgan fingerprint density at radius 2 is 1.83 bits per heavy atom. The molecule has 1 aromatic carbocycles. The number of amides is 2. The molecular weight excluding hydrogens is 322 g/mol. The number of nitrogens with zero attached hydrogens (tertiary/aromatic N) is 1. The second kappa shape index (κ2) is 7.99. The van der Waals surface area contributed by atoms with Crippen LogP contribution in [0, 0.1) is 13.8 Å². The molecule has 0 saturated heterocycles. The van der Waals surface area contributed by atoms with Gasteiger partial charge in [-0.1, -0.05) is 25.1 Å². The van der Waals surface area contributed by atoms with E-state index in [0.29, 0.717) is 17.1 Å². The van der Waals surface area contributed by atoms with Crippen LogP contribution in [0.3, 0.4) is 0 Å². The largest absolute Gasteiger partial charge is 0.377 e. The molecule has 0 N–H and O–H groups in total. The number of benzene rings is 1. The van der Waals surface area contributed by atoms with Crippen LogP contribution in [-0.2, 0) is 14.3 Å². The van der Waals surface area contributed by atoms with Crippen molar-refractivity contribution in [3.63, 3.8) is 0 Å². The third kappa shape index (κ3) is 3.90. The maximum absolute atomic E-state index is 12.9. The van der Waals surface area contributed by atoms with Crippen molar-refractivity contribution in [2.45, 2.75) is 40.7 Å². The van der Waals surface area contributed by atoms with E-state index in [2.05, 4.69) is 0 Å². The standard InChI is InChI=1S/C19H25NO3S/c1-6-24-17-16(15-8-7-13(4)14(5)11-15)18(21)20(19(17)22)9-10-23-12(2)3/h7-8,11-12H,6,9-10H2,1-5H3. The Bertz CT molecular complexity index is 679. The van der Waals surface area contributed by atoms with E-state index in [9.17, 15) is 9.59 Å². The third-order valence-electron chi connectivity index (χ3n) is 3.98. The van der Waals surface area contributed by atoms with Gasteiger partial charge in [-0.15, -0.1) is 11.8 Å². The molecular formula is C19H25NO3S. The fourth-order valence-corrected chi connectivity index (χ4v) is 3.44. The Kier molecular flexibility index (Phi) is 6.24. The zero-order valence-corrected chi connectivity index (χ0v) is 15.8. The molecule has 4 nitrogen and oxygen atoms in total. The zero-order valence-electron chi connectivity index (χ0n) is 15.0. The van der Waals surface area contributed by atoms with Crippen LogP contribution < -0.4 is 0 Å². The topological polar surface area (TPSA) is 46.6 Å². The molecule has 24 heavy (non-hydrogen) atoms. The van der Waals surface area contributed by atoms with Crippen LogP contribution in [0.2, 0.25) is 0 Å². The van der Waals surface area contributed by atoms with Crippen LogP contribution >= 0.6 is 11.8 Å². The minimum atomic E-state index is -0.216. The van der Waals surface area contributed by atoms with Crippen LogP contribution in [0.1, 0.15) is 37.5 Å². The number of carbonyl (C=O) groups is 2. The molecule has 0 atom stereocenters. The summed E-state index contributed by atoms with van der Waals surface area (Å²) in [5.74, 6) is 0.331. The van der Waals surface area contributed by atoms with Crippen molar-refractivity contribution >= 4 is 29.1 Å². The maximum Gasteiger partial charge on any atom is 0.268 e. The molecule has 0 unspecified atom stereocenters. The van der Waals surface area contributed by atoms with Crippen LogP contribution in [0.5, 0.6) is 0 Å². The molecule has 0 aliphatic carbocycles. The first kappa shape index (κ1) is 18.7. The van der Waals surface area contributed by atoms with Gasteiger partial charge in [0.2, 0.25) is 0 Å². The van der Waals surface area contributed by atoms with Gasteiger partial charge >= 0.3 is 0 Å². The average molecular weight is 347 g/mol. The summed E-state index contributed by atoms with van der Waals surface area (Å²) in [5.41, 5.74) is 3.63. The Morgan fingerprint density at radius 3 is 2.42 bits per heavy atom. The molecule has 0 fully saturated rings. The van der Waals surface area contributed by atoms with Gasteiger partial charge < -0.3 is 4.74 Å². The maximum atomic E-state index is 12.9. The monoisotopic (exact) mass is 347 g/mol. The van der Waals surface area contributed by atoms with Gasteiger partial charge in [0.05, 0.1) is 29.7 Å². The summed E-state index contributed by atoms with van der Waals surface area (Å²) >= 11 is 1.43. The van der Waals surface area contributed by atoms with Crippen molar-refractivity contribution in [1.29, 1.82) is 0 Å². The number of hydrogen-bond acceptors (Lipinski definition) is 4. The van der Waals surface area contributed by atoms with Gasteiger partial charge in [-0.3, -0.25) is 14.5 Å². The number of aryl methyl sites for hydroxylation is 2. The van der Waals surface area contributed by atoms with Gasteiger partial charge in [0, 0.05) is 0 Å². The highest BCUT2D eigenvalue weighted by molar-refractivity contribution is 8.04. The van der Waals surface area contributed by atoms with Crippen LogP contribution in [-0.4, -0.2) is 41.7 Å². The number of ether oxygens (including phenoxy) is 1. The smallest absolute Gasteiger partial charge is 0.268 e. The van der Waals surface area contributed by atoms with Gasteiger partial charge in [0.1, 0.15) is 0 Å². The van der Waals surface area contributed by atoms with E-state index in [1.165, 1.54) is 22.2 Å². The van der Waals surface area contributed by atoms with E-state index >= 15 is 0 Å². The highest BCUT2D eigenvalue weighted by atomic mass is 32.2. The summed E-state index contributed by atoms with van der Waals surface area (Å²) in [5, 5.41) is 0. The Balaban J connectivity index is 2.33. The summed E-state index contributed by atoms with van der Waals surface area (Å²) in [7, 11) is 0. The second-order valence-corrected chi connectivity index (χ2v) is 7.39. The van der Waals surface area contributed by atoms with Gasteiger partial charge in [-0.05, 0) is 50.1 Å². The number of carbonyl (C=O) groups excluding carboxylic acids is 2. The van der Waals surface area contributed by atoms with Crippen LogP contribution in [0.15, 0.2) is 23.1 Å². The number of rotatable bonds is 7. The first-order valence-electron chi connectivity index (χ1n) is 8.29. The molecule has 0 aromatic heterocycles. The first-order chi connectivity index (χ1) is 11.4. The second-order valence-electron chi connectivity index (χ2n) is 6.12. The highest BCUT2D eigenvalue weighted by Crippen LogP contribution is 2.36. The van der Waals surface area contributed by atoms with E-state index in [-0.39, 0.29) is 24.5 Å². The number of hydrogen-bond donors (Lipinski definition) is 0. The fraction of sp³-hybridized carbons (Fsp3) is 0.474. The quantitative estimate of drug-likeness (QED) is 0.708. The molecule has 2 amide bonds. The van der Waals surface area contributed by atoms with Crippen molar-refractivity contribution in [1.82, 2.24) is 4.90 Å². The molecule has 0 saturated carbocycles. The van der Waals surface area contributed by atoms with E-state index < -0.39 is 0 Å². The average Bonchev–Trinajstić information content (AvgIpc) is 2.75. The molecule has 2 rings (SSSR count). The lowest BCUT2D eigenvalue weighted by Gasteiger charge is -2.16. The van der Waals surface area contributed by atoms with E-state index in [0.717, 1.165) is 16.9 Å². The Labute approximate surface area is 148 Å². The zero-order chi connectivity index (χ0) is 17.9. The predicted octanol–water partition coefficient (Wildman–Crippen LogP) is 3.56. The molecule has 1 heterocycles. The third-order valence-corrected chi connectivity index (χ3v) is 4.93. The first-order valence-corrected chi connectivity index (χ1v) is 9.27. The normalized spacial score (nSPS) is 15.2. The number of imide groups is 1. The van der Waals surface area contributed by atoms with Crippen molar-refractivity contribution in [3.8, 4) is 0 Å². The summed E-state index contributed by atoms with van der Waals surface area (Å²) < 4.78 is 5.50. The van der Waals surface area contributed by atoms with Crippen molar-refractivity contribution in [2.24, 2.45) is 0 Å². The molecule has 0 radical (unpaired) electrons. The van der Waals surface area contributed by atoms with Gasteiger partial charge in [-0.2, -0.15) is 0 Å². The highest BCUT2D eigenvalue weighted by Gasteiger charge is 2.38.